The first-order chi connectivity index (χ1) is 11.3. The molecule has 7 nitrogen and oxygen atoms in total. The summed E-state index contributed by atoms with van der Waals surface area (Å²) < 4.78 is 6.97. The van der Waals surface area contributed by atoms with Crippen LogP contribution in [0.15, 0.2) is 23.0 Å². The smallest absolute Gasteiger partial charge is 0.244 e. The van der Waals surface area contributed by atoms with Gasteiger partial charge in [-0.15, -0.1) is 0 Å². The number of aryl methyl sites for hydroxylation is 1. The number of nitrogens with zero attached hydrogens (tertiary/aromatic N) is 5. The Balaban J connectivity index is 1.32. The summed E-state index contributed by atoms with van der Waals surface area (Å²) in [5, 5.41) is 8.17. The summed E-state index contributed by atoms with van der Waals surface area (Å²) in [6.45, 7) is 1.15. The maximum Gasteiger partial charge on any atom is 0.244 e. The lowest BCUT2D eigenvalue weighted by atomic mass is 10.1. The highest BCUT2D eigenvalue weighted by molar-refractivity contribution is 5.76. The highest BCUT2D eigenvalue weighted by Gasteiger charge is 2.31. The van der Waals surface area contributed by atoms with Gasteiger partial charge in [-0.2, -0.15) is 10.1 Å². The summed E-state index contributed by atoms with van der Waals surface area (Å²) in [6, 6.07) is 2.11. The predicted octanol–water partition coefficient (Wildman–Crippen LogP) is 1.77. The lowest BCUT2D eigenvalue weighted by Gasteiger charge is -2.24. The fraction of sp³-hybridized carbons (Fsp3) is 0.625. The van der Waals surface area contributed by atoms with E-state index in [9.17, 15) is 4.79 Å². The van der Waals surface area contributed by atoms with Crippen LogP contribution < -0.4 is 0 Å². The van der Waals surface area contributed by atoms with Crippen molar-refractivity contribution in [3.63, 3.8) is 0 Å². The maximum atomic E-state index is 12.5. The van der Waals surface area contributed by atoms with E-state index in [1.807, 2.05) is 17.2 Å². The number of amides is 1. The molecule has 0 aromatic carbocycles. The summed E-state index contributed by atoms with van der Waals surface area (Å²) in [5.74, 6) is 2.20. The Morgan fingerprint density at radius 2 is 2.26 bits per heavy atom. The summed E-state index contributed by atoms with van der Waals surface area (Å²) >= 11 is 0. The van der Waals surface area contributed by atoms with Crippen molar-refractivity contribution in [1.29, 1.82) is 0 Å². The van der Waals surface area contributed by atoms with Gasteiger partial charge in [0.05, 0.1) is 0 Å². The lowest BCUT2D eigenvalue weighted by Crippen LogP contribution is -2.38. The molecule has 23 heavy (non-hydrogen) atoms. The summed E-state index contributed by atoms with van der Waals surface area (Å²) in [7, 11) is 0. The van der Waals surface area contributed by atoms with E-state index in [4.69, 9.17) is 4.52 Å². The van der Waals surface area contributed by atoms with Crippen LogP contribution in [-0.2, 0) is 17.8 Å². The van der Waals surface area contributed by atoms with E-state index in [0.29, 0.717) is 12.5 Å². The summed E-state index contributed by atoms with van der Waals surface area (Å²) in [6.07, 6.45) is 9.64. The fourth-order valence-electron chi connectivity index (χ4n) is 3.25. The molecule has 4 rings (SSSR count). The second-order valence-electron chi connectivity index (χ2n) is 6.45. The van der Waals surface area contributed by atoms with Gasteiger partial charge in [-0.05, 0) is 38.2 Å². The molecule has 1 unspecified atom stereocenters. The van der Waals surface area contributed by atoms with Crippen LogP contribution >= 0.6 is 0 Å². The number of carbonyl (C=O) groups excluding carboxylic acids is 1. The number of likely N-dealkylation sites (tertiary alicyclic amines) is 1. The van der Waals surface area contributed by atoms with E-state index in [-0.39, 0.29) is 11.9 Å². The molecule has 3 heterocycles. The third-order valence-corrected chi connectivity index (χ3v) is 4.67. The average molecular weight is 315 g/mol. The van der Waals surface area contributed by atoms with E-state index in [0.717, 1.165) is 43.9 Å². The number of rotatable bonds is 6. The zero-order valence-corrected chi connectivity index (χ0v) is 13.1. The molecule has 1 amide bonds. The van der Waals surface area contributed by atoms with Crippen molar-refractivity contribution in [3.05, 3.63) is 30.2 Å². The molecule has 7 heteroatoms. The molecule has 0 spiro atoms. The Labute approximate surface area is 134 Å². The van der Waals surface area contributed by atoms with E-state index >= 15 is 0 Å². The second kappa shape index (κ2) is 6.14. The van der Waals surface area contributed by atoms with Crippen molar-refractivity contribution in [2.24, 2.45) is 0 Å². The van der Waals surface area contributed by atoms with E-state index in [2.05, 4.69) is 15.2 Å². The van der Waals surface area contributed by atoms with Gasteiger partial charge in [0.1, 0.15) is 6.54 Å². The Kier molecular flexibility index (Phi) is 3.85. The first-order valence-corrected chi connectivity index (χ1v) is 8.39. The minimum atomic E-state index is 0.142. The molecule has 0 radical (unpaired) electrons. The van der Waals surface area contributed by atoms with Gasteiger partial charge in [-0.3, -0.25) is 9.48 Å². The molecule has 2 aliphatic rings. The van der Waals surface area contributed by atoms with Gasteiger partial charge in [0.25, 0.3) is 0 Å². The topological polar surface area (TPSA) is 77.0 Å². The zero-order valence-electron chi connectivity index (χ0n) is 13.1. The van der Waals surface area contributed by atoms with Crippen LogP contribution in [0.5, 0.6) is 0 Å². The van der Waals surface area contributed by atoms with Gasteiger partial charge in [0, 0.05) is 37.3 Å². The van der Waals surface area contributed by atoms with Crippen LogP contribution in [0.1, 0.15) is 49.7 Å². The highest BCUT2D eigenvalue weighted by Crippen LogP contribution is 2.38. The molecule has 1 saturated heterocycles. The Bertz CT molecular complexity index is 662. The number of hydrogen-bond donors (Lipinski definition) is 0. The standard InChI is InChI=1S/C16H21N5O2/c22-15(11-20-9-2-8-17-20)21-10-1-3-13(21)6-7-14-18-16(23-19-14)12-4-5-12/h2,8-9,12-13H,1,3-7,10-11H2. The molecule has 2 fully saturated rings. The van der Waals surface area contributed by atoms with Gasteiger partial charge in [-0.1, -0.05) is 5.16 Å². The minimum Gasteiger partial charge on any atom is -0.339 e. The van der Waals surface area contributed by atoms with Crippen molar-refractivity contribution in [2.45, 2.75) is 57.0 Å². The molecule has 0 N–H and O–H groups in total. The van der Waals surface area contributed by atoms with Crippen molar-refractivity contribution in [1.82, 2.24) is 24.8 Å². The van der Waals surface area contributed by atoms with E-state index < -0.39 is 0 Å². The molecular weight excluding hydrogens is 294 g/mol. The molecule has 1 saturated carbocycles. The van der Waals surface area contributed by atoms with Gasteiger partial charge in [0.2, 0.25) is 11.8 Å². The second-order valence-corrected chi connectivity index (χ2v) is 6.45. The quantitative estimate of drug-likeness (QED) is 0.812. The third kappa shape index (κ3) is 3.28. The summed E-state index contributed by atoms with van der Waals surface area (Å²) in [5.41, 5.74) is 0. The Hall–Kier alpha value is -2.18. The van der Waals surface area contributed by atoms with Crippen molar-refractivity contribution < 1.29 is 9.32 Å². The van der Waals surface area contributed by atoms with Crippen LogP contribution in [0.25, 0.3) is 0 Å². The lowest BCUT2D eigenvalue weighted by molar-refractivity contribution is -0.132. The first-order valence-electron chi connectivity index (χ1n) is 8.39. The third-order valence-electron chi connectivity index (χ3n) is 4.67. The first kappa shape index (κ1) is 14.4. The monoisotopic (exact) mass is 315 g/mol. The molecule has 1 atom stereocenters. The van der Waals surface area contributed by atoms with Crippen LogP contribution in [0.4, 0.5) is 0 Å². The van der Waals surface area contributed by atoms with Crippen molar-refractivity contribution in [3.8, 4) is 0 Å². The van der Waals surface area contributed by atoms with Crippen LogP contribution in [0, 0.1) is 0 Å². The highest BCUT2D eigenvalue weighted by atomic mass is 16.5. The molecule has 2 aromatic rings. The fourth-order valence-corrected chi connectivity index (χ4v) is 3.25. The number of carbonyl (C=O) groups is 1. The Morgan fingerprint density at radius 3 is 3.04 bits per heavy atom. The Morgan fingerprint density at radius 1 is 1.35 bits per heavy atom. The molecule has 0 bridgehead atoms. The summed E-state index contributed by atoms with van der Waals surface area (Å²) in [4.78, 5) is 18.9. The van der Waals surface area contributed by atoms with Crippen molar-refractivity contribution in [2.75, 3.05) is 6.54 Å². The van der Waals surface area contributed by atoms with Crippen LogP contribution in [0.3, 0.4) is 0 Å². The maximum absolute atomic E-state index is 12.5. The van der Waals surface area contributed by atoms with E-state index in [1.54, 1.807) is 10.9 Å². The number of aromatic nitrogens is 4. The predicted molar refractivity (Wildman–Crippen MR) is 81.6 cm³/mol. The average Bonchev–Trinajstić information content (AvgIpc) is 2.99. The molecule has 2 aromatic heterocycles. The van der Waals surface area contributed by atoms with E-state index in [1.165, 1.54) is 12.8 Å². The molecular formula is C16H21N5O2. The van der Waals surface area contributed by atoms with Crippen LogP contribution in [-0.4, -0.2) is 43.3 Å². The van der Waals surface area contributed by atoms with Gasteiger partial charge in [-0.25, -0.2) is 0 Å². The van der Waals surface area contributed by atoms with Crippen molar-refractivity contribution >= 4 is 5.91 Å². The van der Waals surface area contributed by atoms with Crippen LogP contribution in [0.2, 0.25) is 0 Å². The molecule has 122 valence electrons. The zero-order chi connectivity index (χ0) is 15.6. The number of hydrogen-bond acceptors (Lipinski definition) is 5. The van der Waals surface area contributed by atoms with Gasteiger partial charge < -0.3 is 9.42 Å². The van der Waals surface area contributed by atoms with Gasteiger partial charge >= 0.3 is 0 Å². The SMILES string of the molecule is O=C(Cn1cccn1)N1CCCC1CCc1noc(C2CC2)n1. The largest absolute Gasteiger partial charge is 0.339 e. The molecule has 1 aliphatic heterocycles. The van der Waals surface area contributed by atoms with Gasteiger partial charge in [0.15, 0.2) is 5.82 Å². The normalized spacial score (nSPS) is 21.0. The minimum absolute atomic E-state index is 0.142. The molecule has 1 aliphatic carbocycles.